The van der Waals surface area contributed by atoms with E-state index in [1.807, 2.05) is 69.9 Å². The van der Waals surface area contributed by atoms with Crippen molar-refractivity contribution in [2.24, 2.45) is 0 Å². The molecule has 0 aromatic heterocycles. The van der Waals surface area contributed by atoms with Crippen LogP contribution in [0, 0.1) is 63.7 Å². The van der Waals surface area contributed by atoms with Crippen molar-refractivity contribution in [3.63, 3.8) is 0 Å². The summed E-state index contributed by atoms with van der Waals surface area (Å²) in [6.07, 6.45) is 17.6. The molecule has 0 bridgehead atoms. The molecule has 2 fully saturated rings. The predicted molar refractivity (Wildman–Crippen MR) is 114 cm³/mol. The van der Waals surface area contributed by atoms with Gasteiger partial charge in [-0.25, -0.2) is 4.79 Å². The summed E-state index contributed by atoms with van der Waals surface area (Å²) >= 11 is 0. The largest absolute Gasteiger partial charge is 2.00 e. The maximum atomic E-state index is 12.4. The average molecular weight is 462 g/mol. The summed E-state index contributed by atoms with van der Waals surface area (Å²) < 4.78 is 4.82. The molecule has 10 radical (unpaired) electrons. The van der Waals surface area contributed by atoms with Crippen molar-refractivity contribution in [2.75, 3.05) is 13.2 Å². The van der Waals surface area contributed by atoms with Gasteiger partial charge in [-0.05, 0) is 83.3 Å². The van der Waals surface area contributed by atoms with E-state index in [0.29, 0.717) is 5.56 Å². The van der Waals surface area contributed by atoms with Crippen molar-refractivity contribution in [1.82, 2.24) is 10.6 Å². The minimum absolute atomic E-state index is 0. The van der Waals surface area contributed by atoms with E-state index >= 15 is 0 Å². The van der Waals surface area contributed by atoms with Crippen molar-refractivity contribution < 1.29 is 36.2 Å². The second-order valence-electron chi connectivity index (χ2n) is 6.41. The summed E-state index contributed by atoms with van der Waals surface area (Å²) in [5, 5.41) is 5.06. The second-order valence-corrected chi connectivity index (χ2v) is 6.41. The molecule has 0 aliphatic heterocycles. The van der Waals surface area contributed by atoms with Gasteiger partial charge in [-0.2, -0.15) is 0 Å². The van der Waals surface area contributed by atoms with Crippen LogP contribution in [-0.2, 0) is 31.4 Å². The molecule has 1 aromatic rings. The number of benzene rings is 1. The van der Waals surface area contributed by atoms with E-state index in [-0.39, 0.29) is 36.1 Å². The minimum atomic E-state index is -0.763. The molecule has 0 heterocycles. The second kappa shape index (κ2) is 15.0. The molecule has 31 heavy (non-hydrogen) atoms. The summed E-state index contributed by atoms with van der Waals surface area (Å²) in [4.78, 5) is 35.8. The van der Waals surface area contributed by atoms with Crippen molar-refractivity contribution in [3.05, 3.63) is 99.1 Å². The van der Waals surface area contributed by atoms with E-state index in [2.05, 4.69) is 10.6 Å². The van der Waals surface area contributed by atoms with Crippen molar-refractivity contribution in [3.8, 4) is 0 Å². The Balaban J connectivity index is 0.000000701. The van der Waals surface area contributed by atoms with Crippen molar-refractivity contribution in [1.29, 1.82) is 0 Å². The predicted octanol–water partition coefficient (Wildman–Crippen LogP) is 2.26. The van der Waals surface area contributed by atoms with Crippen LogP contribution < -0.4 is 10.6 Å². The number of nitrogens with one attached hydrogen (secondary N) is 2. The Hall–Kier alpha value is -1.85. The first-order valence-corrected chi connectivity index (χ1v) is 9.75. The van der Waals surface area contributed by atoms with Gasteiger partial charge in [0, 0.05) is 11.5 Å². The van der Waals surface area contributed by atoms with Crippen LogP contribution in [0.15, 0.2) is 24.3 Å². The Morgan fingerprint density at radius 3 is 2.10 bits per heavy atom. The van der Waals surface area contributed by atoms with Gasteiger partial charge in [0.2, 0.25) is 5.91 Å². The molecule has 1 atom stereocenters. The third-order valence-electron chi connectivity index (χ3n) is 4.13. The third-order valence-corrected chi connectivity index (χ3v) is 4.13. The summed E-state index contributed by atoms with van der Waals surface area (Å²) in [6.45, 7) is 3.24. The molecule has 0 unspecified atom stereocenters. The fourth-order valence-electron chi connectivity index (χ4n) is 2.68. The number of rotatable bonds is 7. The molecule has 2 N–H and O–H groups in total. The number of esters is 1. The Morgan fingerprint density at radius 2 is 1.52 bits per heavy atom. The normalized spacial score (nSPS) is 16.3. The number of carbonyl (C=O) groups excluding carboxylic acids is 3. The Bertz CT molecular complexity index is 693. The molecule has 6 nitrogen and oxygen atoms in total. The molecule has 1 aromatic carbocycles. The molecule has 2 aliphatic rings. The van der Waals surface area contributed by atoms with Gasteiger partial charge >= 0.3 is 23.0 Å². The number of amides is 2. The van der Waals surface area contributed by atoms with E-state index in [0.717, 1.165) is 11.5 Å². The van der Waals surface area contributed by atoms with Gasteiger partial charge in [-0.3, -0.25) is 9.59 Å². The summed E-state index contributed by atoms with van der Waals surface area (Å²) in [5.41, 5.74) is 1.28. The third kappa shape index (κ3) is 9.44. The fourth-order valence-corrected chi connectivity index (χ4v) is 2.68. The van der Waals surface area contributed by atoms with Crippen molar-refractivity contribution in [2.45, 2.75) is 19.9 Å². The first-order valence-electron chi connectivity index (χ1n) is 9.75. The fraction of sp³-hybridized carbons (Fsp3) is 0.208. The number of hydrogen-bond acceptors (Lipinski definition) is 4. The quantitative estimate of drug-likeness (QED) is 0.481. The molecule has 0 spiro atoms. The topological polar surface area (TPSA) is 84.5 Å². The molecule has 7 heteroatoms. The zero-order valence-corrected chi connectivity index (χ0v) is 18.6. The average Bonchev–Trinajstić information content (AvgIpc) is 3.49. The van der Waals surface area contributed by atoms with Gasteiger partial charge in [-0.15, -0.1) is 0 Å². The van der Waals surface area contributed by atoms with Crippen LogP contribution in [0.4, 0.5) is 0 Å². The van der Waals surface area contributed by atoms with Gasteiger partial charge in [0.25, 0.3) is 5.91 Å². The molecule has 2 amide bonds. The Kier molecular flexibility index (Phi) is 13.2. The first-order chi connectivity index (χ1) is 14.5. The monoisotopic (exact) mass is 462 g/mol. The van der Waals surface area contributed by atoms with Crippen LogP contribution in [0.25, 0.3) is 0 Å². The number of hydrogen-bond donors (Lipinski definition) is 2. The van der Waals surface area contributed by atoms with Gasteiger partial charge in [0.15, 0.2) is 0 Å². The maximum Gasteiger partial charge on any atom is 2.00 e. The first kappa shape index (κ1) is 27.2. The van der Waals surface area contributed by atoms with Crippen LogP contribution in [0.1, 0.15) is 29.8 Å². The van der Waals surface area contributed by atoms with E-state index in [4.69, 9.17) is 4.74 Å². The van der Waals surface area contributed by atoms with Crippen LogP contribution in [0.2, 0.25) is 0 Å². The zero-order chi connectivity index (χ0) is 21.8. The van der Waals surface area contributed by atoms with Crippen LogP contribution in [0.3, 0.4) is 0 Å². The SMILES string of the molecule is CCOC(=O)[C@H](C)NC(=O)CNC(=O)c1ccccc1[C]1[CH][CH][CH][CH]1.[CH]1[CH][CH][CH][CH]1.[Fe+2]. The van der Waals surface area contributed by atoms with Crippen LogP contribution in [0.5, 0.6) is 0 Å². The van der Waals surface area contributed by atoms with Crippen LogP contribution >= 0.6 is 0 Å². The summed E-state index contributed by atoms with van der Waals surface area (Å²) in [7, 11) is 0. The smallest absolute Gasteiger partial charge is 0.464 e. The van der Waals surface area contributed by atoms with Gasteiger partial charge in [0.05, 0.1) is 13.2 Å². The van der Waals surface area contributed by atoms with E-state index in [1.165, 1.54) is 6.92 Å². The maximum absolute atomic E-state index is 12.4. The Labute approximate surface area is 196 Å². The number of ether oxygens (including phenoxy) is 1. The van der Waals surface area contributed by atoms with Crippen LogP contribution in [-0.4, -0.2) is 37.0 Å². The van der Waals surface area contributed by atoms with E-state index in [1.54, 1.807) is 19.1 Å². The summed E-state index contributed by atoms with van der Waals surface area (Å²) in [6, 6.07) is 6.42. The molecule has 2 saturated carbocycles. The van der Waals surface area contributed by atoms with E-state index in [9.17, 15) is 14.4 Å². The summed E-state index contributed by atoms with van der Waals surface area (Å²) in [5.74, 6) is -0.384. The standard InChI is InChI=1S/C19H21N2O4.C5H5.Fe/c1-3-25-19(24)13(2)21-17(22)12-20-18(23)16-11-7-6-10-15(16)14-8-4-5-9-14;1-2-4-5-3-1;/h4-11,13H,3,12H2,1-2H3,(H,20,23)(H,21,22);1-5H;/q;;+2/t13-;;/m0../s1. The van der Waals surface area contributed by atoms with Gasteiger partial charge in [-0.1, -0.05) is 18.2 Å². The molecule has 0 saturated heterocycles. The van der Waals surface area contributed by atoms with Crippen molar-refractivity contribution >= 4 is 17.8 Å². The molecular weight excluding hydrogens is 436 g/mol. The molecular formula is C24H26FeN2O4+2. The van der Waals surface area contributed by atoms with Gasteiger partial charge in [0.1, 0.15) is 6.04 Å². The Morgan fingerprint density at radius 1 is 0.935 bits per heavy atom. The zero-order valence-electron chi connectivity index (χ0n) is 17.5. The number of carbonyl (C=O) groups is 3. The molecule has 2 aliphatic carbocycles. The van der Waals surface area contributed by atoms with E-state index < -0.39 is 17.9 Å². The molecule has 162 valence electrons. The molecule has 3 rings (SSSR count). The minimum Gasteiger partial charge on any atom is -0.464 e. The van der Waals surface area contributed by atoms with Gasteiger partial charge < -0.3 is 15.4 Å².